The summed E-state index contributed by atoms with van der Waals surface area (Å²) in [5.41, 5.74) is 2.43. The molecule has 0 aliphatic carbocycles. The second kappa shape index (κ2) is 5.85. The van der Waals surface area contributed by atoms with Crippen LogP contribution in [-0.2, 0) is 0 Å². The fourth-order valence-corrected chi connectivity index (χ4v) is 2.92. The molecule has 1 heterocycles. The molecule has 0 spiro atoms. The van der Waals surface area contributed by atoms with Crippen molar-refractivity contribution < 1.29 is 9.59 Å². The van der Waals surface area contributed by atoms with Crippen LogP contribution in [0.2, 0.25) is 0 Å². The molecule has 0 amide bonds. The molecule has 0 bridgehead atoms. The van der Waals surface area contributed by atoms with Gasteiger partial charge >= 0.3 is 0 Å². The van der Waals surface area contributed by atoms with Crippen molar-refractivity contribution in [3.05, 3.63) is 82.6 Å². The Labute approximate surface area is 126 Å². The molecule has 102 valence electrons. The minimum Gasteiger partial charge on any atom is -0.285 e. The van der Waals surface area contributed by atoms with Crippen molar-refractivity contribution in [1.29, 1.82) is 0 Å². The van der Waals surface area contributed by atoms with E-state index in [1.165, 1.54) is 11.3 Å². The minimum atomic E-state index is -0.461. The number of ketones is 2. The summed E-state index contributed by atoms with van der Waals surface area (Å²) in [6, 6.07) is 20.2. The highest BCUT2D eigenvalue weighted by Crippen LogP contribution is 2.26. The number of hydrogen-bond acceptors (Lipinski definition) is 3. The summed E-state index contributed by atoms with van der Waals surface area (Å²) < 4.78 is 0. The molecule has 0 N–H and O–H groups in total. The maximum Gasteiger partial charge on any atom is 0.243 e. The molecule has 3 aromatic rings. The van der Waals surface area contributed by atoms with Gasteiger partial charge in [0.05, 0.1) is 4.88 Å². The first kappa shape index (κ1) is 13.5. The minimum absolute atomic E-state index is 0.428. The number of Topliss-reactive ketones (excluding diaryl/α,β-unsaturated/α-hetero) is 2. The zero-order chi connectivity index (χ0) is 14.7. The van der Waals surface area contributed by atoms with Crippen molar-refractivity contribution in [3.63, 3.8) is 0 Å². The van der Waals surface area contributed by atoms with Gasteiger partial charge in [-0.3, -0.25) is 9.59 Å². The highest BCUT2D eigenvalue weighted by Gasteiger charge is 2.19. The van der Waals surface area contributed by atoms with Crippen LogP contribution in [0.4, 0.5) is 0 Å². The molecule has 0 unspecified atom stereocenters. The van der Waals surface area contributed by atoms with Crippen LogP contribution in [0.15, 0.2) is 72.1 Å². The number of benzene rings is 2. The largest absolute Gasteiger partial charge is 0.285 e. The fraction of sp³-hybridized carbons (Fsp3) is 0. The average Bonchev–Trinajstić information content (AvgIpc) is 3.05. The Hall–Kier alpha value is -2.52. The summed E-state index contributed by atoms with van der Waals surface area (Å²) >= 11 is 1.31. The summed E-state index contributed by atoms with van der Waals surface area (Å²) in [4.78, 5) is 24.9. The van der Waals surface area contributed by atoms with Crippen LogP contribution in [0.5, 0.6) is 0 Å². The van der Waals surface area contributed by atoms with E-state index in [4.69, 9.17) is 0 Å². The number of carbonyl (C=O) groups is 2. The molecule has 3 heteroatoms. The monoisotopic (exact) mass is 292 g/mol. The molecular weight excluding hydrogens is 280 g/mol. The Morgan fingerprint density at radius 2 is 1.33 bits per heavy atom. The van der Waals surface area contributed by atoms with Gasteiger partial charge in [-0.15, -0.1) is 11.3 Å². The molecule has 0 aliphatic heterocycles. The predicted octanol–water partition coefficient (Wildman–Crippen LogP) is 4.48. The number of thiophene rings is 1. The predicted molar refractivity (Wildman–Crippen MR) is 84.9 cm³/mol. The molecule has 0 radical (unpaired) electrons. The van der Waals surface area contributed by atoms with E-state index in [1.54, 1.807) is 30.3 Å². The van der Waals surface area contributed by atoms with Crippen LogP contribution < -0.4 is 0 Å². The molecule has 0 saturated heterocycles. The maximum absolute atomic E-state index is 12.3. The first-order valence-corrected chi connectivity index (χ1v) is 7.42. The third kappa shape index (κ3) is 2.83. The standard InChI is InChI=1S/C18H12O2S/c19-17(14-9-5-2-6-10-14)18(20)16-11-15(12-21-16)13-7-3-1-4-8-13/h1-12H. The summed E-state index contributed by atoms with van der Waals surface area (Å²) in [7, 11) is 0. The van der Waals surface area contributed by atoms with Gasteiger partial charge in [0, 0.05) is 5.56 Å². The molecule has 2 nitrogen and oxygen atoms in total. The Bertz CT molecular complexity index is 773. The highest BCUT2D eigenvalue weighted by atomic mass is 32.1. The molecule has 1 aromatic heterocycles. The van der Waals surface area contributed by atoms with E-state index in [0.29, 0.717) is 10.4 Å². The van der Waals surface area contributed by atoms with Crippen LogP contribution in [0.1, 0.15) is 20.0 Å². The van der Waals surface area contributed by atoms with Crippen molar-refractivity contribution in [2.45, 2.75) is 0 Å². The third-order valence-corrected chi connectivity index (χ3v) is 4.10. The Kier molecular flexibility index (Phi) is 3.75. The van der Waals surface area contributed by atoms with Gasteiger partial charge in [0.15, 0.2) is 0 Å². The zero-order valence-electron chi connectivity index (χ0n) is 11.2. The van der Waals surface area contributed by atoms with E-state index >= 15 is 0 Å². The highest BCUT2D eigenvalue weighted by molar-refractivity contribution is 7.13. The number of hydrogen-bond donors (Lipinski definition) is 0. The zero-order valence-corrected chi connectivity index (χ0v) is 12.0. The molecule has 0 aliphatic rings. The lowest BCUT2D eigenvalue weighted by molar-refractivity contribution is 0.0819. The lowest BCUT2D eigenvalue weighted by Crippen LogP contribution is -2.12. The lowest BCUT2D eigenvalue weighted by atomic mass is 10.0. The van der Waals surface area contributed by atoms with Crippen LogP contribution in [0, 0.1) is 0 Å². The quantitative estimate of drug-likeness (QED) is 0.525. The molecule has 0 saturated carbocycles. The van der Waals surface area contributed by atoms with Crippen molar-refractivity contribution in [2.24, 2.45) is 0 Å². The van der Waals surface area contributed by atoms with Gasteiger partial charge in [-0.2, -0.15) is 0 Å². The molecule has 0 atom stereocenters. The van der Waals surface area contributed by atoms with Crippen LogP contribution in [-0.4, -0.2) is 11.6 Å². The van der Waals surface area contributed by atoms with Gasteiger partial charge in [-0.05, 0) is 22.6 Å². The summed E-state index contributed by atoms with van der Waals surface area (Å²) in [6.07, 6.45) is 0. The fourth-order valence-electron chi connectivity index (χ4n) is 2.07. The van der Waals surface area contributed by atoms with E-state index in [2.05, 4.69) is 0 Å². The Morgan fingerprint density at radius 1 is 0.714 bits per heavy atom. The topological polar surface area (TPSA) is 34.1 Å². The average molecular weight is 292 g/mol. The molecular formula is C18H12O2S. The van der Waals surface area contributed by atoms with Gasteiger partial charge in [-0.1, -0.05) is 60.7 Å². The number of carbonyl (C=O) groups excluding carboxylic acids is 2. The summed E-state index contributed by atoms with van der Waals surface area (Å²) in [5.74, 6) is -0.912. The Morgan fingerprint density at radius 3 is 2.00 bits per heavy atom. The number of rotatable bonds is 4. The third-order valence-electron chi connectivity index (χ3n) is 3.17. The van der Waals surface area contributed by atoms with Crippen LogP contribution >= 0.6 is 11.3 Å². The van der Waals surface area contributed by atoms with Crippen LogP contribution in [0.3, 0.4) is 0 Å². The van der Waals surface area contributed by atoms with E-state index in [0.717, 1.165) is 11.1 Å². The Balaban J connectivity index is 1.87. The molecule has 0 fully saturated rings. The van der Waals surface area contributed by atoms with Gasteiger partial charge in [0.25, 0.3) is 0 Å². The van der Waals surface area contributed by atoms with E-state index < -0.39 is 11.6 Å². The first-order chi connectivity index (χ1) is 10.3. The normalized spacial score (nSPS) is 10.3. The second-order valence-corrected chi connectivity index (χ2v) is 5.50. The smallest absolute Gasteiger partial charge is 0.243 e. The summed E-state index contributed by atoms with van der Waals surface area (Å²) in [5, 5.41) is 1.90. The molecule has 21 heavy (non-hydrogen) atoms. The lowest BCUT2D eigenvalue weighted by Gasteiger charge is -1.98. The van der Waals surface area contributed by atoms with Crippen LogP contribution in [0.25, 0.3) is 11.1 Å². The second-order valence-electron chi connectivity index (χ2n) is 4.59. The van der Waals surface area contributed by atoms with Gasteiger partial charge in [-0.25, -0.2) is 0 Å². The molecule has 3 rings (SSSR count). The van der Waals surface area contributed by atoms with Crippen molar-refractivity contribution >= 4 is 22.9 Å². The SMILES string of the molecule is O=C(C(=O)c1cc(-c2ccccc2)cs1)c1ccccc1. The summed E-state index contributed by atoms with van der Waals surface area (Å²) in [6.45, 7) is 0. The van der Waals surface area contributed by atoms with E-state index in [-0.39, 0.29) is 0 Å². The maximum atomic E-state index is 12.3. The van der Waals surface area contributed by atoms with Gasteiger partial charge < -0.3 is 0 Å². The van der Waals surface area contributed by atoms with E-state index in [9.17, 15) is 9.59 Å². The van der Waals surface area contributed by atoms with Crippen molar-refractivity contribution in [2.75, 3.05) is 0 Å². The van der Waals surface area contributed by atoms with Gasteiger partial charge in [0.1, 0.15) is 0 Å². The first-order valence-electron chi connectivity index (χ1n) is 6.54. The van der Waals surface area contributed by atoms with Crippen molar-refractivity contribution in [3.8, 4) is 11.1 Å². The van der Waals surface area contributed by atoms with Crippen molar-refractivity contribution in [1.82, 2.24) is 0 Å². The van der Waals surface area contributed by atoms with E-state index in [1.807, 2.05) is 41.8 Å². The van der Waals surface area contributed by atoms with Gasteiger partial charge in [0.2, 0.25) is 11.6 Å². The molecule has 2 aromatic carbocycles.